The minimum atomic E-state index is 0.0595. The Morgan fingerprint density at radius 3 is 2.79 bits per heavy atom. The lowest BCUT2D eigenvalue weighted by atomic mass is 9.74. The largest absolute Gasteiger partial charge is 0.508 e. The van der Waals surface area contributed by atoms with Crippen molar-refractivity contribution in [2.75, 3.05) is 7.11 Å². The summed E-state index contributed by atoms with van der Waals surface area (Å²) in [6, 6.07) is 5.81. The van der Waals surface area contributed by atoms with Crippen LogP contribution in [0.3, 0.4) is 0 Å². The van der Waals surface area contributed by atoms with Crippen LogP contribution in [0.15, 0.2) is 18.2 Å². The number of phenolic OH excluding ortho intramolecular Hbond substituents is 1. The number of hydrogen-bond donors (Lipinski definition) is 2. The van der Waals surface area contributed by atoms with Gasteiger partial charge >= 0.3 is 0 Å². The number of hydrogen-bond acceptors (Lipinski definition) is 3. The summed E-state index contributed by atoms with van der Waals surface area (Å²) in [5.41, 5.74) is 9.67. The van der Waals surface area contributed by atoms with Crippen molar-refractivity contribution in [3.63, 3.8) is 0 Å². The van der Waals surface area contributed by atoms with E-state index in [0.717, 1.165) is 6.42 Å². The molecule has 19 heavy (non-hydrogen) atoms. The Bertz CT molecular complexity index is 523. The summed E-state index contributed by atoms with van der Waals surface area (Å²) in [5.74, 6) is 1.43. The Hall–Kier alpha value is -1.06. The smallest absolute Gasteiger partial charge is 0.115 e. The lowest BCUT2D eigenvalue weighted by Crippen LogP contribution is -2.47. The number of aromatic hydroxyl groups is 1. The molecule has 1 aromatic rings. The molecule has 4 unspecified atom stereocenters. The van der Waals surface area contributed by atoms with Crippen LogP contribution in [-0.2, 0) is 11.2 Å². The van der Waals surface area contributed by atoms with Crippen molar-refractivity contribution >= 4 is 0 Å². The summed E-state index contributed by atoms with van der Waals surface area (Å²) in [6.45, 7) is 0. The Balaban J connectivity index is 1.76. The zero-order chi connectivity index (χ0) is 13.2. The third-order valence-electron chi connectivity index (χ3n) is 5.63. The highest BCUT2D eigenvalue weighted by Crippen LogP contribution is 2.75. The van der Waals surface area contributed by atoms with E-state index >= 15 is 0 Å². The van der Waals surface area contributed by atoms with Crippen LogP contribution in [0.4, 0.5) is 0 Å². The maximum atomic E-state index is 9.79. The lowest BCUT2D eigenvalue weighted by molar-refractivity contribution is 0.0617. The molecule has 4 atom stereocenters. The van der Waals surface area contributed by atoms with E-state index in [2.05, 4.69) is 0 Å². The van der Waals surface area contributed by atoms with Crippen LogP contribution in [0.1, 0.15) is 36.3 Å². The summed E-state index contributed by atoms with van der Waals surface area (Å²) >= 11 is 0. The van der Waals surface area contributed by atoms with Crippen molar-refractivity contribution in [3.8, 4) is 5.75 Å². The van der Waals surface area contributed by atoms with E-state index in [0.29, 0.717) is 23.0 Å². The Kier molecular flexibility index (Phi) is 2.31. The van der Waals surface area contributed by atoms with E-state index in [1.54, 1.807) is 13.2 Å². The van der Waals surface area contributed by atoms with Crippen molar-refractivity contribution in [1.82, 2.24) is 0 Å². The van der Waals surface area contributed by atoms with E-state index in [1.165, 1.54) is 30.4 Å². The van der Waals surface area contributed by atoms with E-state index in [4.69, 9.17) is 10.5 Å². The minimum absolute atomic E-state index is 0.0595. The van der Waals surface area contributed by atoms with Crippen molar-refractivity contribution in [3.05, 3.63) is 29.3 Å². The SMILES string of the molecule is COC1Cc2ccc(O)cc2C(C2CC23CC3)C1N. The van der Waals surface area contributed by atoms with Crippen molar-refractivity contribution in [2.45, 2.75) is 43.7 Å². The van der Waals surface area contributed by atoms with Crippen molar-refractivity contribution < 1.29 is 9.84 Å². The molecule has 0 radical (unpaired) electrons. The lowest BCUT2D eigenvalue weighted by Gasteiger charge is -2.37. The van der Waals surface area contributed by atoms with Gasteiger partial charge in [0.25, 0.3) is 0 Å². The molecular formula is C16H21NO2. The highest BCUT2D eigenvalue weighted by atomic mass is 16.5. The first-order valence-electron chi connectivity index (χ1n) is 7.25. The topological polar surface area (TPSA) is 55.5 Å². The molecule has 0 saturated heterocycles. The van der Waals surface area contributed by atoms with Gasteiger partial charge in [-0.25, -0.2) is 0 Å². The molecule has 2 fully saturated rings. The van der Waals surface area contributed by atoms with Gasteiger partial charge < -0.3 is 15.6 Å². The summed E-state index contributed by atoms with van der Waals surface area (Å²) in [5, 5.41) is 9.79. The molecule has 102 valence electrons. The minimum Gasteiger partial charge on any atom is -0.508 e. The van der Waals surface area contributed by atoms with Gasteiger partial charge in [0, 0.05) is 25.5 Å². The number of fused-ring (bicyclic) bond motifs is 1. The molecule has 4 rings (SSSR count). The molecule has 0 amide bonds. The highest BCUT2D eigenvalue weighted by Gasteiger charge is 2.66. The maximum Gasteiger partial charge on any atom is 0.115 e. The molecule has 3 heteroatoms. The highest BCUT2D eigenvalue weighted by molar-refractivity contribution is 5.43. The molecule has 0 aromatic heterocycles. The monoisotopic (exact) mass is 259 g/mol. The first-order valence-corrected chi connectivity index (χ1v) is 7.25. The first kappa shape index (κ1) is 11.7. The van der Waals surface area contributed by atoms with E-state index in [1.807, 2.05) is 12.1 Å². The summed E-state index contributed by atoms with van der Waals surface area (Å²) in [4.78, 5) is 0. The summed E-state index contributed by atoms with van der Waals surface area (Å²) < 4.78 is 5.60. The van der Waals surface area contributed by atoms with Gasteiger partial charge in [-0.05, 0) is 53.9 Å². The van der Waals surface area contributed by atoms with Gasteiger partial charge in [-0.2, -0.15) is 0 Å². The molecule has 0 bridgehead atoms. The molecular weight excluding hydrogens is 238 g/mol. The number of ether oxygens (including phenoxy) is 1. The number of benzene rings is 1. The van der Waals surface area contributed by atoms with Crippen LogP contribution in [0, 0.1) is 11.3 Å². The quantitative estimate of drug-likeness (QED) is 0.856. The molecule has 1 spiro atoms. The van der Waals surface area contributed by atoms with E-state index in [9.17, 15) is 5.11 Å². The second-order valence-electron chi connectivity index (χ2n) is 6.64. The van der Waals surface area contributed by atoms with Crippen LogP contribution in [-0.4, -0.2) is 24.4 Å². The molecule has 0 aliphatic heterocycles. The second-order valence-corrected chi connectivity index (χ2v) is 6.64. The van der Waals surface area contributed by atoms with E-state index in [-0.39, 0.29) is 12.1 Å². The normalized spacial score (nSPS) is 38.0. The summed E-state index contributed by atoms with van der Waals surface area (Å²) in [7, 11) is 1.76. The average molecular weight is 259 g/mol. The zero-order valence-electron chi connectivity index (χ0n) is 11.3. The van der Waals surface area contributed by atoms with Gasteiger partial charge in [0.2, 0.25) is 0 Å². The number of phenols is 1. The molecule has 2 saturated carbocycles. The standard InChI is InChI=1S/C16H21NO2/c1-19-13-6-9-2-3-10(18)7-11(9)14(15(13)17)12-8-16(12)4-5-16/h2-3,7,12-15,18H,4-6,8,17H2,1H3. The Morgan fingerprint density at radius 2 is 2.16 bits per heavy atom. The second kappa shape index (κ2) is 3.74. The third kappa shape index (κ3) is 1.65. The molecule has 3 N–H and O–H groups in total. The third-order valence-corrected chi connectivity index (χ3v) is 5.63. The van der Waals surface area contributed by atoms with Gasteiger partial charge in [-0.3, -0.25) is 0 Å². The number of rotatable bonds is 2. The fraction of sp³-hybridized carbons (Fsp3) is 0.625. The molecule has 1 aromatic carbocycles. The molecule has 3 aliphatic rings. The van der Waals surface area contributed by atoms with Crippen LogP contribution >= 0.6 is 0 Å². The van der Waals surface area contributed by atoms with Gasteiger partial charge in [-0.1, -0.05) is 6.07 Å². The number of methoxy groups -OCH3 is 1. The Labute approximate surface area is 113 Å². The number of nitrogens with two attached hydrogens (primary N) is 1. The van der Waals surface area contributed by atoms with Crippen LogP contribution in [0.5, 0.6) is 5.75 Å². The van der Waals surface area contributed by atoms with Crippen molar-refractivity contribution in [2.24, 2.45) is 17.1 Å². The fourth-order valence-corrected chi connectivity index (χ4v) is 4.22. The van der Waals surface area contributed by atoms with Crippen molar-refractivity contribution in [1.29, 1.82) is 0 Å². The zero-order valence-corrected chi connectivity index (χ0v) is 11.3. The molecule has 0 heterocycles. The average Bonchev–Trinajstić information content (AvgIpc) is 3.30. The Morgan fingerprint density at radius 1 is 1.37 bits per heavy atom. The molecule has 3 nitrogen and oxygen atoms in total. The summed E-state index contributed by atoms with van der Waals surface area (Å²) in [6.07, 6.45) is 5.03. The van der Waals surface area contributed by atoms with Crippen LogP contribution in [0.25, 0.3) is 0 Å². The van der Waals surface area contributed by atoms with Gasteiger partial charge in [0.05, 0.1) is 6.10 Å². The van der Waals surface area contributed by atoms with Gasteiger partial charge in [0.15, 0.2) is 0 Å². The first-order chi connectivity index (χ1) is 9.14. The van der Waals surface area contributed by atoms with Gasteiger partial charge in [-0.15, -0.1) is 0 Å². The van der Waals surface area contributed by atoms with Crippen LogP contribution < -0.4 is 5.73 Å². The predicted octanol–water partition coefficient (Wildman–Crippen LogP) is 2.17. The van der Waals surface area contributed by atoms with Gasteiger partial charge in [0.1, 0.15) is 5.75 Å². The van der Waals surface area contributed by atoms with Crippen LogP contribution in [0.2, 0.25) is 0 Å². The van der Waals surface area contributed by atoms with E-state index < -0.39 is 0 Å². The fourth-order valence-electron chi connectivity index (χ4n) is 4.22. The molecule has 3 aliphatic carbocycles. The predicted molar refractivity (Wildman–Crippen MR) is 73.1 cm³/mol. The maximum absolute atomic E-state index is 9.79.